The summed E-state index contributed by atoms with van der Waals surface area (Å²) in [7, 11) is -3.52. The first kappa shape index (κ1) is 12.6. The van der Waals surface area contributed by atoms with Gasteiger partial charge in [0.25, 0.3) is 0 Å². The van der Waals surface area contributed by atoms with Gasteiger partial charge in [-0.3, -0.25) is 0 Å². The fourth-order valence-electron chi connectivity index (χ4n) is 1.12. The van der Waals surface area contributed by atoms with E-state index >= 15 is 0 Å². The highest BCUT2D eigenvalue weighted by molar-refractivity contribution is 7.89. The summed E-state index contributed by atoms with van der Waals surface area (Å²) in [4.78, 5) is 0.171. The molecule has 0 atom stereocenters. The van der Waals surface area contributed by atoms with E-state index < -0.39 is 15.6 Å². The normalized spacial score (nSPS) is 13.1. The molecule has 0 bridgehead atoms. The van der Waals surface area contributed by atoms with Crippen molar-refractivity contribution in [2.75, 3.05) is 0 Å². The smallest absolute Gasteiger partial charge is 0.242 e. The standard InChI is InChI=1S/C9H15NO3S2/c1-9(2,3)10-15(12,13)8-6-14-5-7(8)4-11/h5-6,10-11H,4H2,1-3H3. The highest BCUT2D eigenvalue weighted by Gasteiger charge is 2.24. The van der Waals surface area contributed by atoms with Gasteiger partial charge < -0.3 is 5.11 Å². The Kier molecular flexibility index (Phi) is 3.55. The van der Waals surface area contributed by atoms with Gasteiger partial charge in [-0.1, -0.05) is 0 Å². The number of hydrogen-bond donors (Lipinski definition) is 2. The van der Waals surface area contributed by atoms with Crippen LogP contribution in [0.2, 0.25) is 0 Å². The van der Waals surface area contributed by atoms with Gasteiger partial charge in [0.05, 0.1) is 11.5 Å². The van der Waals surface area contributed by atoms with E-state index in [1.165, 1.54) is 16.7 Å². The molecular formula is C9H15NO3S2. The van der Waals surface area contributed by atoms with Crippen LogP contribution < -0.4 is 4.72 Å². The summed E-state index contributed by atoms with van der Waals surface area (Å²) in [6.45, 7) is 5.06. The van der Waals surface area contributed by atoms with Crippen molar-refractivity contribution in [1.82, 2.24) is 4.72 Å². The van der Waals surface area contributed by atoms with Gasteiger partial charge >= 0.3 is 0 Å². The summed E-state index contributed by atoms with van der Waals surface area (Å²) in [5.74, 6) is 0. The molecule has 0 saturated heterocycles. The Labute approximate surface area is 94.0 Å². The summed E-state index contributed by atoms with van der Waals surface area (Å²) in [5, 5.41) is 12.1. The second-order valence-corrected chi connectivity index (χ2v) is 6.67. The molecule has 0 aliphatic heterocycles. The average molecular weight is 249 g/mol. The monoisotopic (exact) mass is 249 g/mol. The fourth-order valence-corrected chi connectivity index (χ4v) is 3.96. The summed E-state index contributed by atoms with van der Waals surface area (Å²) >= 11 is 1.26. The predicted octanol–water partition coefficient (Wildman–Crippen LogP) is 1.32. The maximum Gasteiger partial charge on any atom is 0.242 e. The average Bonchev–Trinajstić information content (AvgIpc) is 2.46. The van der Waals surface area contributed by atoms with Crippen molar-refractivity contribution in [1.29, 1.82) is 0 Å². The lowest BCUT2D eigenvalue weighted by Gasteiger charge is -2.20. The van der Waals surface area contributed by atoms with Crippen LogP contribution in [-0.2, 0) is 16.6 Å². The van der Waals surface area contributed by atoms with E-state index in [0.717, 1.165) is 0 Å². The number of aliphatic hydroxyl groups is 1. The van der Waals surface area contributed by atoms with Crippen molar-refractivity contribution >= 4 is 21.4 Å². The molecule has 6 heteroatoms. The number of aliphatic hydroxyl groups excluding tert-OH is 1. The van der Waals surface area contributed by atoms with E-state index in [2.05, 4.69) is 4.72 Å². The molecule has 0 aliphatic rings. The molecule has 1 aromatic rings. The highest BCUT2D eigenvalue weighted by Crippen LogP contribution is 2.21. The lowest BCUT2D eigenvalue weighted by molar-refractivity contribution is 0.279. The van der Waals surface area contributed by atoms with Gasteiger partial charge in [-0.15, -0.1) is 0 Å². The maximum atomic E-state index is 11.9. The Bertz CT molecular complexity index is 428. The van der Waals surface area contributed by atoms with Gasteiger partial charge in [-0.25, -0.2) is 13.1 Å². The topological polar surface area (TPSA) is 66.4 Å². The van der Waals surface area contributed by atoms with Crippen molar-refractivity contribution in [2.24, 2.45) is 0 Å². The number of thiophene rings is 1. The SMILES string of the molecule is CC(C)(C)NS(=O)(=O)c1cscc1CO. The third-order valence-electron chi connectivity index (χ3n) is 1.60. The van der Waals surface area contributed by atoms with Crippen LogP contribution in [0.3, 0.4) is 0 Å². The predicted molar refractivity (Wildman–Crippen MR) is 60.3 cm³/mol. The molecule has 0 amide bonds. The Morgan fingerprint density at radius 2 is 2.00 bits per heavy atom. The van der Waals surface area contributed by atoms with E-state index in [1.807, 2.05) is 0 Å². The Balaban J connectivity index is 3.07. The van der Waals surface area contributed by atoms with Gasteiger partial charge in [0.2, 0.25) is 10.0 Å². The van der Waals surface area contributed by atoms with Crippen molar-refractivity contribution in [3.8, 4) is 0 Å². The van der Waals surface area contributed by atoms with Gasteiger partial charge in [0.1, 0.15) is 0 Å². The second-order valence-electron chi connectivity index (χ2n) is 4.27. The Morgan fingerprint density at radius 3 is 2.47 bits per heavy atom. The lowest BCUT2D eigenvalue weighted by atomic mass is 10.1. The van der Waals surface area contributed by atoms with Crippen molar-refractivity contribution in [2.45, 2.75) is 37.8 Å². The van der Waals surface area contributed by atoms with Crippen LogP contribution in [0.15, 0.2) is 15.7 Å². The van der Waals surface area contributed by atoms with E-state index in [9.17, 15) is 8.42 Å². The van der Waals surface area contributed by atoms with Crippen molar-refractivity contribution in [3.05, 3.63) is 16.3 Å². The molecule has 0 fully saturated rings. The van der Waals surface area contributed by atoms with E-state index in [0.29, 0.717) is 5.56 Å². The lowest BCUT2D eigenvalue weighted by Crippen LogP contribution is -2.40. The van der Waals surface area contributed by atoms with Crippen molar-refractivity contribution < 1.29 is 13.5 Å². The van der Waals surface area contributed by atoms with Crippen LogP contribution in [0.5, 0.6) is 0 Å². The van der Waals surface area contributed by atoms with Gasteiger partial charge in [0, 0.05) is 16.5 Å². The molecule has 0 unspecified atom stereocenters. The van der Waals surface area contributed by atoms with Crippen LogP contribution in [0, 0.1) is 0 Å². The largest absolute Gasteiger partial charge is 0.392 e. The molecule has 1 heterocycles. The third-order valence-corrected chi connectivity index (χ3v) is 4.38. The summed E-state index contributed by atoms with van der Waals surface area (Å²) < 4.78 is 26.3. The zero-order valence-electron chi connectivity index (χ0n) is 8.94. The molecule has 0 radical (unpaired) electrons. The highest BCUT2D eigenvalue weighted by atomic mass is 32.2. The quantitative estimate of drug-likeness (QED) is 0.849. The minimum Gasteiger partial charge on any atom is -0.392 e. The fraction of sp³-hybridized carbons (Fsp3) is 0.556. The molecule has 1 aromatic heterocycles. The first-order chi connectivity index (χ1) is 6.76. The van der Waals surface area contributed by atoms with Gasteiger partial charge in [-0.05, 0) is 26.2 Å². The van der Waals surface area contributed by atoms with Crippen LogP contribution in [0.4, 0.5) is 0 Å². The van der Waals surface area contributed by atoms with Gasteiger partial charge in [-0.2, -0.15) is 11.3 Å². The zero-order chi connectivity index (χ0) is 11.7. The first-order valence-electron chi connectivity index (χ1n) is 4.46. The Morgan fingerprint density at radius 1 is 1.40 bits per heavy atom. The van der Waals surface area contributed by atoms with Crippen LogP contribution >= 0.6 is 11.3 Å². The number of rotatable bonds is 3. The molecule has 0 aromatic carbocycles. The molecular weight excluding hydrogens is 234 g/mol. The minimum absolute atomic E-state index is 0.171. The third kappa shape index (κ3) is 3.27. The van der Waals surface area contributed by atoms with Crippen LogP contribution in [0.25, 0.3) is 0 Å². The van der Waals surface area contributed by atoms with E-state index in [4.69, 9.17) is 5.11 Å². The van der Waals surface area contributed by atoms with Crippen molar-refractivity contribution in [3.63, 3.8) is 0 Å². The molecule has 0 saturated carbocycles. The maximum absolute atomic E-state index is 11.9. The molecule has 0 aliphatic carbocycles. The molecule has 0 spiro atoms. The summed E-state index contributed by atoms with van der Waals surface area (Å²) in [5.41, 5.74) is -0.0789. The number of nitrogens with one attached hydrogen (secondary N) is 1. The van der Waals surface area contributed by atoms with Crippen LogP contribution in [-0.4, -0.2) is 19.1 Å². The number of sulfonamides is 1. The second kappa shape index (κ2) is 4.21. The van der Waals surface area contributed by atoms with E-state index in [-0.39, 0.29) is 11.5 Å². The molecule has 1 rings (SSSR count). The number of hydrogen-bond acceptors (Lipinski definition) is 4. The van der Waals surface area contributed by atoms with Crippen LogP contribution in [0.1, 0.15) is 26.3 Å². The minimum atomic E-state index is -3.52. The molecule has 86 valence electrons. The summed E-state index contributed by atoms with van der Waals surface area (Å²) in [6, 6.07) is 0. The Hall–Kier alpha value is -0.430. The first-order valence-corrected chi connectivity index (χ1v) is 6.89. The summed E-state index contributed by atoms with van der Waals surface area (Å²) in [6.07, 6.45) is 0. The zero-order valence-corrected chi connectivity index (χ0v) is 10.6. The molecule has 4 nitrogen and oxygen atoms in total. The van der Waals surface area contributed by atoms with Gasteiger partial charge in [0.15, 0.2) is 0 Å². The molecule has 15 heavy (non-hydrogen) atoms. The van der Waals surface area contributed by atoms with E-state index in [1.54, 1.807) is 26.2 Å². The molecule has 2 N–H and O–H groups in total.